The quantitative estimate of drug-likeness (QED) is 0.327. The fourth-order valence-electron chi connectivity index (χ4n) is 3.05. The first-order valence-electron chi connectivity index (χ1n) is 10.9. The van der Waals surface area contributed by atoms with Gasteiger partial charge in [-0.3, -0.25) is 4.57 Å². The van der Waals surface area contributed by atoms with E-state index in [4.69, 9.17) is 9.05 Å². The van der Waals surface area contributed by atoms with Crippen molar-refractivity contribution in [3.8, 4) is 0 Å². The molecule has 0 saturated heterocycles. The Hall–Kier alpha value is -2.08. The molecule has 0 heterocycles. The third-order valence-electron chi connectivity index (χ3n) is 4.96. The van der Waals surface area contributed by atoms with Crippen LogP contribution in [-0.4, -0.2) is 14.7 Å². The summed E-state index contributed by atoms with van der Waals surface area (Å²) >= 11 is 0. The molecular weight excluding hydrogens is 453 g/mol. The molecule has 0 aromatic heterocycles. The molecule has 0 aliphatic rings. The van der Waals surface area contributed by atoms with Crippen LogP contribution in [0.25, 0.3) is 0 Å². The minimum Gasteiger partial charge on any atom is -0.303 e. The highest BCUT2D eigenvalue weighted by molar-refractivity contribution is 7.84. The molecule has 1 N–H and O–H groups in total. The second-order valence-electron chi connectivity index (χ2n) is 8.76. The van der Waals surface area contributed by atoms with Crippen LogP contribution in [0.4, 0.5) is 0 Å². The average Bonchev–Trinajstić information content (AvgIpc) is 2.82. The van der Waals surface area contributed by atoms with Gasteiger partial charge in [-0.25, -0.2) is 8.93 Å². The molecule has 7 heteroatoms. The number of rotatable bonds is 11. The first kappa shape index (κ1) is 25.5. The third-order valence-corrected chi connectivity index (χ3v) is 8.80. The molecule has 0 bridgehead atoms. The molecule has 3 aromatic carbocycles. The van der Waals surface area contributed by atoms with Gasteiger partial charge >= 0.3 is 7.60 Å². The predicted molar refractivity (Wildman–Crippen MR) is 135 cm³/mol. The number of nitrogens with one attached hydrogen (secondary N) is 1. The van der Waals surface area contributed by atoms with Crippen molar-refractivity contribution < 1.29 is 17.8 Å². The molecule has 0 radical (unpaired) electrons. The molecule has 5 nitrogen and oxygen atoms in total. The molecule has 33 heavy (non-hydrogen) atoms. The molecule has 0 saturated carbocycles. The summed E-state index contributed by atoms with van der Waals surface area (Å²) in [6.07, 6.45) is 0.351. The topological polar surface area (TPSA) is 64.6 Å². The molecule has 2 atom stereocenters. The fourth-order valence-corrected chi connectivity index (χ4v) is 6.06. The first-order valence-corrected chi connectivity index (χ1v) is 13.7. The van der Waals surface area contributed by atoms with E-state index in [1.54, 1.807) is 0 Å². The molecule has 0 spiro atoms. The van der Waals surface area contributed by atoms with E-state index < -0.39 is 29.1 Å². The highest BCUT2D eigenvalue weighted by atomic mass is 32.2. The maximum absolute atomic E-state index is 14.3. The van der Waals surface area contributed by atoms with E-state index in [-0.39, 0.29) is 13.2 Å². The van der Waals surface area contributed by atoms with Gasteiger partial charge in [0.2, 0.25) is 0 Å². The Balaban J connectivity index is 1.90. The summed E-state index contributed by atoms with van der Waals surface area (Å²) in [5.74, 6) is -0.785. The van der Waals surface area contributed by atoms with Gasteiger partial charge < -0.3 is 9.05 Å². The van der Waals surface area contributed by atoms with Crippen molar-refractivity contribution in [2.24, 2.45) is 0 Å². The lowest BCUT2D eigenvalue weighted by Crippen LogP contribution is -2.41. The summed E-state index contributed by atoms with van der Waals surface area (Å²) in [5, 5.41) is 0. The van der Waals surface area contributed by atoms with Crippen molar-refractivity contribution in [3.05, 3.63) is 108 Å². The molecule has 1 unspecified atom stereocenters. The lowest BCUT2D eigenvalue weighted by atomic mass is 10.1. The Morgan fingerprint density at radius 3 is 1.55 bits per heavy atom. The van der Waals surface area contributed by atoms with Gasteiger partial charge in [0.1, 0.15) is 5.78 Å². The van der Waals surface area contributed by atoms with Crippen LogP contribution in [-0.2, 0) is 44.2 Å². The zero-order chi connectivity index (χ0) is 23.7. The van der Waals surface area contributed by atoms with Crippen LogP contribution < -0.4 is 4.72 Å². The van der Waals surface area contributed by atoms with Crippen molar-refractivity contribution in [1.82, 2.24) is 4.72 Å². The number of hydrogen-bond acceptors (Lipinski definition) is 4. The average molecular weight is 486 g/mol. The summed E-state index contributed by atoms with van der Waals surface area (Å²) < 4.78 is 41.9. The van der Waals surface area contributed by atoms with Crippen molar-refractivity contribution in [2.45, 2.75) is 50.9 Å². The molecule has 0 aliphatic heterocycles. The Morgan fingerprint density at radius 2 is 1.15 bits per heavy atom. The number of benzene rings is 3. The largest absolute Gasteiger partial charge is 0.349 e. The van der Waals surface area contributed by atoms with Gasteiger partial charge in [-0.1, -0.05) is 91.0 Å². The van der Waals surface area contributed by atoms with Crippen molar-refractivity contribution in [2.75, 3.05) is 0 Å². The molecule has 3 aromatic rings. The molecule has 0 amide bonds. The smallest absolute Gasteiger partial charge is 0.303 e. The monoisotopic (exact) mass is 485 g/mol. The Kier molecular flexibility index (Phi) is 9.19. The molecule has 3 rings (SSSR count). The molecular formula is C26H32NO4PS. The number of hydrogen-bond donors (Lipinski definition) is 1. The van der Waals surface area contributed by atoms with Crippen molar-refractivity contribution in [3.63, 3.8) is 0 Å². The summed E-state index contributed by atoms with van der Waals surface area (Å²) in [6, 6.07) is 28.8. The Bertz CT molecular complexity index is 1010. The second kappa shape index (κ2) is 11.9. The minimum absolute atomic E-state index is 0.127. The zero-order valence-electron chi connectivity index (χ0n) is 19.3. The molecule has 0 fully saturated rings. The highest BCUT2D eigenvalue weighted by Crippen LogP contribution is 2.54. The first-order chi connectivity index (χ1) is 15.8. The van der Waals surface area contributed by atoms with E-state index in [0.29, 0.717) is 6.42 Å². The van der Waals surface area contributed by atoms with Gasteiger partial charge in [-0.15, -0.1) is 0 Å². The summed E-state index contributed by atoms with van der Waals surface area (Å²) in [6.45, 7) is 5.87. The fraction of sp³-hybridized carbons (Fsp3) is 0.308. The van der Waals surface area contributed by atoms with Crippen LogP contribution in [0.1, 0.15) is 37.5 Å². The summed E-state index contributed by atoms with van der Waals surface area (Å²) in [4.78, 5) is 0. The van der Waals surface area contributed by atoms with Crippen LogP contribution in [0.2, 0.25) is 0 Å². The summed E-state index contributed by atoms with van der Waals surface area (Å²) in [7, 11) is -5.22. The van der Waals surface area contributed by atoms with Gasteiger partial charge in [0.25, 0.3) is 0 Å². The van der Waals surface area contributed by atoms with Gasteiger partial charge in [0.05, 0.1) is 28.9 Å². The minimum atomic E-state index is -3.75. The van der Waals surface area contributed by atoms with E-state index in [1.165, 1.54) is 0 Å². The second-order valence-corrected chi connectivity index (χ2v) is 13.0. The normalized spacial score (nSPS) is 14.0. The summed E-state index contributed by atoms with van der Waals surface area (Å²) in [5.41, 5.74) is 2.72. The Morgan fingerprint density at radius 1 is 0.758 bits per heavy atom. The van der Waals surface area contributed by atoms with Crippen molar-refractivity contribution >= 4 is 18.6 Å². The van der Waals surface area contributed by atoms with E-state index in [0.717, 1.165) is 16.7 Å². The van der Waals surface area contributed by atoms with E-state index in [2.05, 4.69) is 4.72 Å². The van der Waals surface area contributed by atoms with Gasteiger partial charge in [0.15, 0.2) is 0 Å². The molecule has 176 valence electrons. The standard InChI is InChI=1S/C26H32NO4PS/c1-26(2,3)33(29)27-25(19-22-13-7-4-8-14-22)32(28,30-20-23-15-9-5-10-16-23)31-21-24-17-11-6-12-18-24/h4-18,25,27H,19-21H2,1-3H3/t25-,33?/m1/s1. The van der Waals surface area contributed by atoms with Crippen LogP contribution in [0, 0.1) is 0 Å². The maximum atomic E-state index is 14.3. The SMILES string of the molecule is CC(C)(C)S(=O)N[C@@H](Cc1ccccc1)P(=O)(OCc1ccccc1)OCc1ccccc1. The van der Waals surface area contributed by atoms with E-state index >= 15 is 0 Å². The van der Waals surface area contributed by atoms with Crippen molar-refractivity contribution in [1.29, 1.82) is 0 Å². The van der Waals surface area contributed by atoms with E-state index in [9.17, 15) is 8.77 Å². The lowest BCUT2D eigenvalue weighted by Gasteiger charge is -2.30. The van der Waals surface area contributed by atoms with Crippen LogP contribution >= 0.6 is 7.60 Å². The third kappa shape index (κ3) is 8.02. The highest BCUT2D eigenvalue weighted by Gasteiger charge is 2.39. The van der Waals surface area contributed by atoms with Crippen LogP contribution in [0.3, 0.4) is 0 Å². The molecule has 0 aliphatic carbocycles. The zero-order valence-corrected chi connectivity index (χ0v) is 21.1. The van der Waals surface area contributed by atoms with Gasteiger partial charge in [0, 0.05) is 6.42 Å². The Labute approximate surface area is 199 Å². The van der Waals surface area contributed by atoms with Crippen LogP contribution in [0.15, 0.2) is 91.0 Å². The lowest BCUT2D eigenvalue weighted by molar-refractivity contribution is 0.182. The maximum Gasteiger partial charge on any atom is 0.349 e. The van der Waals surface area contributed by atoms with Gasteiger partial charge in [-0.2, -0.15) is 0 Å². The van der Waals surface area contributed by atoms with Gasteiger partial charge in [-0.05, 0) is 37.5 Å². The van der Waals surface area contributed by atoms with E-state index in [1.807, 2.05) is 112 Å². The predicted octanol–water partition coefficient (Wildman–Crippen LogP) is 6.23. The van der Waals surface area contributed by atoms with Crippen LogP contribution in [0.5, 0.6) is 0 Å².